The summed E-state index contributed by atoms with van der Waals surface area (Å²) >= 11 is 0. The van der Waals surface area contributed by atoms with E-state index in [1.54, 1.807) is 7.11 Å². The molecule has 2 saturated carbocycles. The normalized spacial score (nSPS) is 22.9. The minimum Gasteiger partial charge on any atom is -0.493 e. The first-order valence-corrected chi connectivity index (χ1v) is 13.0. The van der Waals surface area contributed by atoms with E-state index in [2.05, 4.69) is 11.4 Å². The Balaban J connectivity index is 1.54. The minimum absolute atomic E-state index is 0.0396. The molecule has 1 heterocycles. The largest absolute Gasteiger partial charge is 0.493 e. The fourth-order valence-corrected chi connectivity index (χ4v) is 5.56. The Bertz CT molecular complexity index is 1190. The van der Waals surface area contributed by atoms with E-state index >= 15 is 0 Å². The molecule has 0 unspecified atom stereocenters. The van der Waals surface area contributed by atoms with Gasteiger partial charge in [0.15, 0.2) is 11.5 Å². The molecule has 190 valence electrons. The van der Waals surface area contributed by atoms with Crippen molar-refractivity contribution >= 4 is 17.6 Å². The van der Waals surface area contributed by atoms with Crippen LogP contribution in [0.15, 0.2) is 41.4 Å². The van der Waals surface area contributed by atoms with Crippen LogP contribution in [-0.2, 0) is 9.53 Å². The lowest BCUT2D eigenvalue weighted by atomic mass is 9.74. The lowest BCUT2D eigenvalue weighted by Gasteiger charge is -2.38. The summed E-state index contributed by atoms with van der Waals surface area (Å²) in [7, 11) is 1.63. The maximum Gasteiger partial charge on any atom is 0.302 e. The number of carbonyl (C=O) groups is 2. The number of ether oxygens (including phenoxy) is 3. The molecule has 2 fully saturated rings. The number of hydrogen-bond acceptors (Lipinski definition) is 6. The second-order valence-electron chi connectivity index (χ2n) is 9.90. The van der Waals surface area contributed by atoms with Gasteiger partial charge in [0, 0.05) is 35.6 Å². The number of nitrogens with zero attached hydrogens (tertiary/aromatic N) is 1. The summed E-state index contributed by atoms with van der Waals surface area (Å²) < 4.78 is 17.2. The first-order valence-electron chi connectivity index (χ1n) is 13.0. The van der Waals surface area contributed by atoms with E-state index in [0.29, 0.717) is 23.7 Å². The first kappa shape index (κ1) is 24.3. The number of nitrogens with one attached hydrogen (secondary N) is 1. The maximum absolute atomic E-state index is 12.9. The summed E-state index contributed by atoms with van der Waals surface area (Å²) in [5.74, 6) is 1.16. The molecule has 1 N–H and O–H groups in total. The topological polar surface area (TPSA) is 86.2 Å². The van der Waals surface area contributed by atoms with Crippen LogP contribution >= 0.6 is 0 Å². The third kappa shape index (κ3) is 4.84. The molecule has 0 bridgehead atoms. The Morgan fingerprint density at radius 2 is 1.92 bits per heavy atom. The van der Waals surface area contributed by atoms with Crippen molar-refractivity contribution in [3.63, 3.8) is 0 Å². The summed E-state index contributed by atoms with van der Waals surface area (Å²) in [6, 6.07) is 12.1. The van der Waals surface area contributed by atoms with E-state index < -0.39 is 0 Å². The molecule has 2 aliphatic carbocycles. The predicted octanol–water partition coefficient (Wildman–Crippen LogP) is 4.80. The Morgan fingerprint density at radius 1 is 1.08 bits per heavy atom. The zero-order valence-electron chi connectivity index (χ0n) is 21.2. The van der Waals surface area contributed by atoms with Crippen molar-refractivity contribution in [2.45, 2.75) is 76.5 Å². The highest BCUT2D eigenvalue weighted by Gasteiger charge is 2.39. The first-order chi connectivity index (χ1) is 17.5. The second kappa shape index (κ2) is 10.3. The lowest BCUT2D eigenvalue weighted by molar-refractivity contribution is -0.148. The van der Waals surface area contributed by atoms with Gasteiger partial charge < -0.3 is 19.5 Å². The molecule has 36 heavy (non-hydrogen) atoms. The highest BCUT2D eigenvalue weighted by atomic mass is 16.5. The summed E-state index contributed by atoms with van der Waals surface area (Å²) in [6.07, 6.45) is 5.47. The molecule has 7 nitrogen and oxygen atoms in total. The maximum atomic E-state index is 12.9. The van der Waals surface area contributed by atoms with Gasteiger partial charge in [0.1, 0.15) is 6.10 Å². The molecule has 0 saturated heterocycles. The third-order valence-electron chi connectivity index (χ3n) is 7.52. The number of esters is 1. The van der Waals surface area contributed by atoms with Crippen molar-refractivity contribution in [1.29, 1.82) is 0 Å². The quantitative estimate of drug-likeness (QED) is 0.564. The Morgan fingerprint density at radius 3 is 2.61 bits per heavy atom. The van der Waals surface area contributed by atoms with E-state index in [-0.39, 0.29) is 36.0 Å². The molecule has 1 aliphatic heterocycles. The van der Waals surface area contributed by atoms with Crippen molar-refractivity contribution in [2.75, 3.05) is 13.7 Å². The van der Waals surface area contributed by atoms with E-state index in [4.69, 9.17) is 19.2 Å². The standard InChI is InChI=1S/C29H34N2O5/c1-4-35-27-15-22-23-14-21(36-17(2)32)11-12-25(23)31-28(24(22)16-26(27)34-3)18-7-5-8-19(13-18)29(33)30-20-9-6-10-20/h5,7-8,13,15-16,20-21,23,25H,4,6,9-12,14H2,1-3H3,(H,30,33)/t21-,23-,25-/m1/s1. The molecule has 2 aromatic carbocycles. The molecule has 3 aliphatic rings. The van der Waals surface area contributed by atoms with Crippen LogP contribution in [0, 0.1) is 0 Å². The molecule has 5 rings (SSSR count). The lowest BCUT2D eigenvalue weighted by Crippen LogP contribution is -2.39. The van der Waals surface area contributed by atoms with E-state index in [1.165, 1.54) is 13.3 Å². The molecule has 2 aromatic rings. The van der Waals surface area contributed by atoms with Gasteiger partial charge >= 0.3 is 5.97 Å². The zero-order valence-corrected chi connectivity index (χ0v) is 21.2. The number of hydrogen-bond donors (Lipinski definition) is 1. The fourth-order valence-electron chi connectivity index (χ4n) is 5.56. The Labute approximate surface area is 212 Å². The van der Waals surface area contributed by atoms with Crippen molar-refractivity contribution < 1.29 is 23.8 Å². The number of aliphatic imine (C=N–C) groups is 1. The second-order valence-corrected chi connectivity index (χ2v) is 9.90. The van der Waals surface area contributed by atoms with Gasteiger partial charge in [-0.2, -0.15) is 0 Å². The molecule has 7 heteroatoms. The highest BCUT2D eigenvalue weighted by molar-refractivity contribution is 6.15. The van der Waals surface area contributed by atoms with Gasteiger partial charge in [-0.3, -0.25) is 14.6 Å². The monoisotopic (exact) mass is 490 g/mol. The molecule has 1 amide bonds. The number of carbonyl (C=O) groups excluding carboxylic acids is 2. The van der Waals surface area contributed by atoms with Crippen LogP contribution in [0.5, 0.6) is 11.5 Å². The summed E-state index contributed by atoms with van der Waals surface area (Å²) in [6.45, 7) is 3.94. The van der Waals surface area contributed by atoms with E-state index in [9.17, 15) is 9.59 Å². The molecule has 0 radical (unpaired) electrons. The van der Waals surface area contributed by atoms with Crippen LogP contribution in [0.25, 0.3) is 0 Å². The third-order valence-corrected chi connectivity index (χ3v) is 7.52. The van der Waals surface area contributed by atoms with E-state index in [0.717, 1.165) is 54.5 Å². The minimum atomic E-state index is -0.250. The van der Waals surface area contributed by atoms with Gasteiger partial charge in [-0.25, -0.2) is 0 Å². The van der Waals surface area contributed by atoms with Gasteiger partial charge in [-0.15, -0.1) is 0 Å². The molecule has 0 aromatic heterocycles. The highest BCUT2D eigenvalue weighted by Crippen LogP contribution is 2.45. The van der Waals surface area contributed by atoms with E-state index in [1.807, 2.05) is 37.3 Å². The van der Waals surface area contributed by atoms with Gasteiger partial charge in [0.2, 0.25) is 0 Å². The average molecular weight is 491 g/mol. The van der Waals surface area contributed by atoms with Gasteiger partial charge in [0.25, 0.3) is 5.91 Å². The summed E-state index contributed by atoms with van der Waals surface area (Å²) in [5, 5.41) is 3.13. The number of fused-ring (bicyclic) bond motifs is 3. The van der Waals surface area contributed by atoms with Crippen LogP contribution in [0.4, 0.5) is 0 Å². The van der Waals surface area contributed by atoms with Gasteiger partial charge in [-0.05, 0) is 75.3 Å². The van der Waals surface area contributed by atoms with Crippen LogP contribution in [0.1, 0.15) is 85.3 Å². The van der Waals surface area contributed by atoms with Gasteiger partial charge in [-0.1, -0.05) is 12.1 Å². The van der Waals surface area contributed by atoms with Crippen molar-refractivity contribution in [1.82, 2.24) is 5.32 Å². The van der Waals surface area contributed by atoms with Crippen LogP contribution in [0.2, 0.25) is 0 Å². The van der Waals surface area contributed by atoms with Crippen LogP contribution in [0.3, 0.4) is 0 Å². The predicted molar refractivity (Wildman–Crippen MR) is 137 cm³/mol. The van der Waals surface area contributed by atoms with Crippen molar-refractivity contribution in [2.24, 2.45) is 4.99 Å². The molecular weight excluding hydrogens is 456 g/mol. The molecular formula is C29H34N2O5. The Kier molecular flexibility index (Phi) is 6.99. The molecule has 0 spiro atoms. The Hall–Kier alpha value is -3.35. The van der Waals surface area contributed by atoms with Crippen LogP contribution < -0.4 is 14.8 Å². The van der Waals surface area contributed by atoms with Crippen molar-refractivity contribution in [3.05, 3.63) is 58.7 Å². The number of methoxy groups -OCH3 is 1. The van der Waals surface area contributed by atoms with Crippen LogP contribution in [-0.4, -0.2) is 49.5 Å². The average Bonchev–Trinajstić information content (AvgIpc) is 2.85. The smallest absolute Gasteiger partial charge is 0.302 e. The number of benzene rings is 2. The summed E-state index contributed by atoms with van der Waals surface area (Å²) in [4.78, 5) is 29.7. The zero-order chi connectivity index (χ0) is 25.2. The number of rotatable bonds is 7. The van der Waals surface area contributed by atoms with Gasteiger partial charge in [0.05, 0.1) is 25.5 Å². The molecule has 3 atom stereocenters. The SMILES string of the molecule is CCOc1cc2c(cc1OC)C(c1cccc(C(=O)NC3CCC3)c1)=N[C@@H]1CC[C@@H](OC(C)=O)C[C@H]21. The summed E-state index contributed by atoms with van der Waals surface area (Å²) in [5.41, 5.74) is 4.50. The number of amides is 1. The fraction of sp³-hybridized carbons (Fsp3) is 0.483. The van der Waals surface area contributed by atoms with Crippen molar-refractivity contribution in [3.8, 4) is 11.5 Å².